The highest BCUT2D eigenvalue weighted by Gasteiger charge is 2.36. The van der Waals surface area contributed by atoms with Crippen LogP contribution in [0.4, 0.5) is 24.5 Å². The molecule has 1 aliphatic rings. The number of carbonyl (C=O) groups excluding carboxylic acids is 2. The lowest BCUT2D eigenvalue weighted by Crippen LogP contribution is -2.40. The van der Waals surface area contributed by atoms with Gasteiger partial charge in [-0.05, 0) is 25.1 Å². The zero-order chi connectivity index (χ0) is 22.2. The second-order valence-electron chi connectivity index (χ2n) is 7.04. The van der Waals surface area contributed by atoms with Gasteiger partial charge in [0.2, 0.25) is 17.6 Å². The molecular weight excluding hydrogens is 429 g/mol. The summed E-state index contributed by atoms with van der Waals surface area (Å²) in [6.07, 6.45) is -4.59. The van der Waals surface area contributed by atoms with Crippen LogP contribution >= 0.6 is 11.8 Å². The number of benzene rings is 2. The predicted octanol–water partition coefficient (Wildman–Crippen LogP) is 4.50. The normalized spacial score (nSPS) is 16.6. The fraction of sp³-hybridized carbons (Fsp3) is 0.238. The number of alkyl halides is 3. The van der Waals surface area contributed by atoms with Crippen LogP contribution < -0.4 is 10.2 Å². The van der Waals surface area contributed by atoms with E-state index in [1.807, 2.05) is 0 Å². The van der Waals surface area contributed by atoms with E-state index in [4.69, 9.17) is 0 Å². The summed E-state index contributed by atoms with van der Waals surface area (Å²) < 4.78 is 39.7. The van der Waals surface area contributed by atoms with Crippen LogP contribution in [-0.2, 0) is 15.8 Å². The van der Waals surface area contributed by atoms with Crippen molar-refractivity contribution >= 4 is 45.9 Å². The molecule has 3 aromatic rings. The Morgan fingerprint density at radius 3 is 2.65 bits per heavy atom. The lowest BCUT2D eigenvalue weighted by Gasteiger charge is -2.27. The van der Waals surface area contributed by atoms with Crippen molar-refractivity contribution in [1.29, 1.82) is 0 Å². The second kappa shape index (κ2) is 8.18. The van der Waals surface area contributed by atoms with E-state index < -0.39 is 18.0 Å². The number of anilines is 2. The van der Waals surface area contributed by atoms with E-state index in [1.54, 1.807) is 49.4 Å². The molecule has 1 aromatic heterocycles. The average Bonchev–Trinajstić information content (AvgIpc) is 2.85. The van der Waals surface area contributed by atoms with Crippen molar-refractivity contribution in [3.63, 3.8) is 0 Å². The Balaban J connectivity index is 1.65. The predicted molar refractivity (Wildman–Crippen MR) is 112 cm³/mol. The molecule has 0 saturated heterocycles. The lowest BCUT2D eigenvalue weighted by atomic mass is 10.2. The highest BCUT2D eigenvalue weighted by atomic mass is 32.2. The van der Waals surface area contributed by atoms with Crippen molar-refractivity contribution in [3.8, 4) is 0 Å². The number of nitrogens with one attached hydrogen (secondary N) is 1. The number of amides is 2. The summed E-state index contributed by atoms with van der Waals surface area (Å²) >= 11 is 0.919. The first-order valence-electron chi connectivity index (χ1n) is 9.42. The van der Waals surface area contributed by atoms with Crippen molar-refractivity contribution in [2.24, 2.45) is 0 Å². The highest BCUT2D eigenvalue weighted by Crippen LogP contribution is 2.34. The molecule has 1 aliphatic heterocycles. The van der Waals surface area contributed by atoms with Gasteiger partial charge < -0.3 is 10.2 Å². The number of halogens is 3. The van der Waals surface area contributed by atoms with Gasteiger partial charge in [0.1, 0.15) is 5.03 Å². The monoisotopic (exact) mass is 446 g/mol. The number of thioether (sulfide) groups is 1. The zero-order valence-electron chi connectivity index (χ0n) is 16.3. The molecule has 2 aromatic carbocycles. The molecule has 0 bridgehead atoms. The molecule has 160 valence electrons. The van der Waals surface area contributed by atoms with Gasteiger partial charge >= 0.3 is 6.18 Å². The van der Waals surface area contributed by atoms with Crippen molar-refractivity contribution in [1.82, 2.24) is 9.97 Å². The fourth-order valence-electron chi connectivity index (χ4n) is 3.45. The van der Waals surface area contributed by atoms with Crippen LogP contribution in [-0.4, -0.2) is 33.6 Å². The minimum atomic E-state index is -4.70. The number of para-hydroxylation sites is 3. The summed E-state index contributed by atoms with van der Waals surface area (Å²) in [5.41, 5.74) is 1.22. The van der Waals surface area contributed by atoms with E-state index in [0.29, 0.717) is 16.8 Å². The Bertz CT molecular complexity index is 1170. The third-order valence-electron chi connectivity index (χ3n) is 4.78. The van der Waals surface area contributed by atoms with Crippen LogP contribution in [0, 0.1) is 0 Å². The Kier molecular flexibility index (Phi) is 5.57. The maximum absolute atomic E-state index is 13.2. The summed E-state index contributed by atoms with van der Waals surface area (Å²) in [5, 5.41) is 3.29. The largest absolute Gasteiger partial charge is 0.451 e. The zero-order valence-corrected chi connectivity index (χ0v) is 17.1. The van der Waals surface area contributed by atoms with Gasteiger partial charge in [-0.2, -0.15) is 13.2 Å². The number of nitrogens with zero attached hydrogens (tertiary/aromatic N) is 3. The number of fused-ring (bicyclic) bond motifs is 2. The third kappa shape index (κ3) is 4.34. The maximum atomic E-state index is 13.2. The highest BCUT2D eigenvalue weighted by molar-refractivity contribution is 8.00. The smallest absolute Gasteiger partial charge is 0.324 e. The Morgan fingerprint density at radius 2 is 1.87 bits per heavy atom. The lowest BCUT2D eigenvalue weighted by molar-refractivity contribution is -0.145. The molecule has 4 rings (SSSR count). The Morgan fingerprint density at radius 1 is 1.16 bits per heavy atom. The Labute approximate surface area is 179 Å². The molecule has 0 spiro atoms. The van der Waals surface area contributed by atoms with Gasteiger partial charge in [0.05, 0.1) is 22.6 Å². The van der Waals surface area contributed by atoms with Crippen molar-refractivity contribution in [3.05, 3.63) is 54.4 Å². The third-order valence-corrected chi connectivity index (χ3v) is 5.76. The quantitative estimate of drug-likeness (QED) is 0.474. The summed E-state index contributed by atoms with van der Waals surface area (Å²) in [6, 6.07) is 12.9. The number of aromatic nitrogens is 2. The minimum absolute atomic E-state index is 0.0798. The summed E-state index contributed by atoms with van der Waals surface area (Å²) in [4.78, 5) is 34.0. The fourth-order valence-corrected chi connectivity index (χ4v) is 4.33. The molecular formula is C21H17F3N4O2S. The van der Waals surface area contributed by atoms with Crippen molar-refractivity contribution in [2.75, 3.05) is 16.0 Å². The number of hydrogen-bond acceptors (Lipinski definition) is 5. The van der Waals surface area contributed by atoms with E-state index in [2.05, 4.69) is 15.3 Å². The topological polar surface area (TPSA) is 75.2 Å². The number of carbonyl (C=O) groups is 2. The molecule has 10 heteroatoms. The van der Waals surface area contributed by atoms with Crippen molar-refractivity contribution < 1.29 is 22.8 Å². The van der Waals surface area contributed by atoms with Crippen LogP contribution in [0.3, 0.4) is 0 Å². The summed E-state index contributed by atoms with van der Waals surface area (Å²) in [5.74, 6) is -1.94. The SMILES string of the molecule is C[C@@H]1CC(=O)Nc2ccccc2N1C(=O)CSc1nc(C(F)(F)F)nc2ccccc12. The molecule has 1 N–H and O–H groups in total. The second-order valence-corrected chi connectivity index (χ2v) is 8.00. The van der Waals surface area contributed by atoms with Crippen LogP contribution in [0.1, 0.15) is 19.2 Å². The van der Waals surface area contributed by atoms with Gasteiger partial charge in [-0.15, -0.1) is 0 Å². The van der Waals surface area contributed by atoms with Gasteiger partial charge in [-0.25, -0.2) is 9.97 Å². The molecule has 0 unspecified atom stereocenters. The van der Waals surface area contributed by atoms with E-state index in [-0.39, 0.29) is 34.5 Å². The first-order chi connectivity index (χ1) is 14.7. The minimum Gasteiger partial charge on any atom is -0.324 e. The van der Waals surface area contributed by atoms with Crippen LogP contribution in [0.5, 0.6) is 0 Å². The average molecular weight is 446 g/mol. The van der Waals surface area contributed by atoms with E-state index in [0.717, 1.165) is 11.8 Å². The molecule has 0 saturated carbocycles. The molecule has 6 nitrogen and oxygen atoms in total. The molecule has 31 heavy (non-hydrogen) atoms. The van der Waals surface area contributed by atoms with E-state index in [9.17, 15) is 22.8 Å². The van der Waals surface area contributed by atoms with Gasteiger partial charge in [0.25, 0.3) is 0 Å². The van der Waals surface area contributed by atoms with Gasteiger partial charge in [0, 0.05) is 17.8 Å². The molecule has 1 atom stereocenters. The molecule has 0 aliphatic carbocycles. The first kappa shape index (κ1) is 21.1. The van der Waals surface area contributed by atoms with Crippen LogP contribution in [0.25, 0.3) is 10.9 Å². The van der Waals surface area contributed by atoms with E-state index >= 15 is 0 Å². The summed E-state index contributed by atoms with van der Waals surface area (Å²) in [7, 11) is 0. The molecule has 0 fully saturated rings. The first-order valence-corrected chi connectivity index (χ1v) is 10.4. The summed E-state index contributed by atoms with van der Waals surface area (Å²) in [6.45, 7) is 1.76. The van der Waals surface area contributed by atoms with Crippen LogP contribution in [0.2, 0.25) is 0 Å². The van der Waals surface area contributed by atoms with Gasteiger partial charge in [-0.3, -0.25) is 9.59 Å². The maximum Gasteiger partial charge on any atom is 0.451 e. The standard InChI is InChI=1S/C21H17F3N4O2S/c1-12-10-17(29)25-15-8-4-5-9-16(15)28(12)18(30)11-31-19-13-6-2-3-7-14(13)26-20(27-19)21(22,23)24/h2-9,12H,10-11H2,1H3,(H,25,29)/t12-/m1/s1. The Hall–Kier alpha value is -3.14. The number of rotatable bonds is 3. The molecule has 2 heterocycles. The molecule has 0 radical (unpaired) electrons. The van der Waals surface area contributed by atoms with Gasteiger partial charge in [0.15, 0.2) is 0 Å². The van der Waals surface area contributed by atoms with Crippen molar-refractivity contribution in [2.45, 2.75) is 30.6 Å². The molecule has 2 amide bonds. The van der Waals surface area contributed by atoms with Crippen LogP contribution in [0.15, 0.2) is 53.6 Å². The number of hydrogen-bond donors (Lipinski definition) is 1. The van der Waals surface area contributed by atoms with E-state index in [1.165, 1.54) is 11.0 Å². The van der Waals surface area contributed by atoms with Gasteiger partial charge in [-0.1, -0.05) is 42.1 Å².